The minimum atomic E-state index is -0.786. The van der Waals surface area contributed by atoms with Gasteiger partial charge in [0.15, 0.2) is 0 Å². The second-order valence-electron chi connectivity index (χ2n) is 7.20. The van der Waals surface area contributed by atoms with E-state index in [0.717, 1.165) is 0 Å². The van der Waals surface area contributed by atoms with Gasteiger partial charge in [0.2, 0.25) is 0 Å². The van der Waals surface area contributed by atoms with Crippen molar-refractivity contribution in [2.45, 2.75) is 6.04 Å². The van der Waals surface area contributed by atoms with Gasteiger partial charge in [-0.05, 0) is 43.9 Å². The quantitative estimate of drug-likeness (QED) is 0.411. The second kappa shape index (κ2) is 9.08. The van der Waals surface area contributed by atoms with Gasteiger partial charge >= 0.3 is 0 Å². The number of ketones is 1. The number of likely N-dealkylation sites (N-methyl/N-ethyl adjacent to an activating group) is 1. The molecule has 0 unspecified atom stereocenters. The van der Waals surface area contributed by atoms with Crippen LogP contribution in [-0.2, 0) is 9.59 Å². The highest BCUT2D eigenvalue weighted by atomic mass is 35.5. The highest BCUT2D eigenvalue weighted by Gasteiger charge is 2.46. The molecule has 1 amide bonds. The van der Waals surface area contributed by atoms with E-state index in [1.807, 2.05) is 19.0 Å². The first-order valence-electron chi connectivity index (χ1n) is 9.27. The number of ether oxygens (including phenoxy) is 1. The molecule has 1 aliphatic rings. The van der Waals surface area contributed by atoms with Crippen molar-refractivity contribution in [3.05, 3.63) is 69.2 Å². The van der Waals surface area contributed by atoms with Crippen LogP contribution in [0.25, 0.3) is 5.76 Å². The zero-order valence-corrected chi connectivity index (χ0v) is 18.4. The van der Waals surface area contributed by atoms with Crippen LogP contribution in [0.4, 0.5) is 0 Å². The van der Waals surface area contributed by atoms with E-state index >= 15 is 0 Å². The summed E-state index contributed by atoms with van der Waals surface area (Å²) < 4.78 is 5.21. The highest BCUT2D eigenvalue weighted by molar-refractivity contribution is 6.46. The van der Waals surface area contributed by atoms with Crippen molar-refractivity contribution in [1.82, 2.24) is 9.80 Å². The molecule has 2 aromatic carbocycles. The number of methoxy groups -OCH3 is 1. The summed E-state index contributed by atoms with van der Waals surface area (Å²) in [7, 11) is 5.26. The summed E-state index contributed by atoms with van der Waals surface area (Å²) >= 11 is 12.3. The number of aliphatic hydroxyl groups is 1. The molecule has 1 fully saturated rings. The summed E-state index contributed by atoms with van der Waals surface area (Å²) in [6.45, 7) is 0.849. The van der Waals surface area contributed by atoms with Crippen LogP contribution in [0.3, 0.4) is 0 Å². The maximum absolute atomic E-state index is 13.0. The Morgan fingerprint density at radius 3 is 2.50 bits per heavy atom. The third-order valence-electron chi connectivity index (χ3n) is 4.93. The summed E-state index contributed by atoms with van der Waals surface area (Å²) in [4.78, 5) is 29.2. The Morgan fingerprint density at radius 2 is 1.87 bits per heavy atom. The molecule has 0 radical (unpaired) electrons. The van der Waals surface area contributed by atoms with E-state index in [0.29, 0.717) is 40.0 Å². The minimum absolute atomic E-state index is 0.00500. The fourth-order valence-corrected chi connectivity index (χ4v) is 3.68. The number of aliphatic hydroxyl groups excluding tert-OH is 1. The molecule has 1 heterocycles. The SMILES string of the molecule is COc1cccc(C(O)=C2C(=O)C(=O)N(CCN(C)C)[C@H]2c2ccc(Cl)c(Cl)c2)c1. The highest BCUT2D eigenvalue weighted by Crippen LogP contribution is 2.41. The van der Waals surface area contributed by atoms with E-state index in [2.05, 4.69) is 0 Å². The van der Waals surface area contributed by atoms with Gasteiger partial charge in [0.05, 0.1) is 28.8 Å². The lowest BCUT2D eigenvalue weighted by molar-refractivity contribution is -0.140. The summed E-state index contributed by atoms with van der Waals surface area (Å²) in [6, 6.07) is 10.8. The summed E-state index contributed by atoms with van der Waals surface area (Å²) in [5.41, 5.74) is 0.974. The fourth-order valence-electron chi connectivity index (χ4n) is 3.37. The van der Waals surface area contributed by atoms with Gasteiger partial charge in [-0.1, -0.05) is 41.4 Å². The summed E-state index contributed by atoms with van der Waals surface area (Å²) in [6.07, 6.45) is 0. The molecule has 158 valence electrons. The van der Waals surface area contributed by atoms with Crippen molar-refractivity contribution in [3.8, 4) is 5.75 Å². The normalized spacial score (nSPS) is 18.3. The molecular formula is C22H22Cl2N2O4. The molecule has 0 aromatic heterocycles. The molecule has 30 heavy (non-hydrogen) atoms. The third kappa shape index (κ3) is 4.31. The first kappa shape index (κ1) is 22.2. The van der Waals surface area contributed by atoms with Gasteiger partial charge in [-0.3, -0.25) is 9.59 Å². The lowest BCUT2D eigenvalue weighted by Gasteiger charge is -2.26. The Labute approximate surface area is 185 Å². The van der Waals surface area contributed by atoms with Crippen molar-refractivity contribution >= 4 is 40.7 Å². The average molecular weight is 449 g/mol. The van der Waals surface area contributed by atoms with Crippen molar-refractivity contribution < 1.29 is 19.4 Å². The zero-order valence-electron chi connectivity index (χ0n) is 16.9. The molecule has 1 aliphatic heterocycles. The molecule has 0 aliphatic carbocycles. The monoisotopic (exact) mass is 448 g/mol. The Kier molecular flexibility index (Phi) is 6.71. The zero-order chi connectivity index (χ0) is 22.0. The number of carbonyl (C=O) groups excluding carboxylic acids is 2. The van der Waals surface area contributed by atoms with Crippen LogP contribution < -0.4 is 4.74 Å². The minimum Gasteiger partial charge on any atom is -0.507 e. The van der Waals surface area contributed by atoms with E-state index in [-0.39, 0.29) is 11.3 Å². The van der Waals surface area contributed by atoms with Crippen molar-refractivity contribution in [3.63, 3.8) is 0 Å². The van der Waals surface area contributed by atoms with Gasteiger partial charge in [0.1, 0.15) is 11.5 Å². The van der Waals surface area contributed by atoms with Crippen LogP contribution in [0, 0.1) is 0 Å². The van der Waals surface area contributed by atoms with E-state index < -0.39 is 17.7 Å². The molecule has 3 rings (SSSR count). The smallest absolute Gasteiger partial charge is 0.295 e. The van der Waals surface area contributed by atoms with E-state index in [4.69, 9.17) is 27.9 Å². The molecule has 1 N–H and O–H groups in total. The summed E-state index contributed by atoms with van der Waals surface area (Å²) in [5.74, 6) is -1.16. The Balaban J connectivity index is 2.17. The molecule has 8 heteroatoms. The number of Topliss-reactive ketones (excluding diaryl/α,β-unsaturated/α-hetero) is 1. The van der Waals surface area contributed by atoms with Crippen molar-refractivity contribution in [1.29, 1.82) is 0 Å². The van der Waals surface area contributed by atoms with E-state index in [1.165, 1.54) is 12.0 Å². The second-order valence-corrected chi connectivity index (χ2v) is 8.02. The molecule has 0 saturated carbocycles. The average Bonchev–Trinajstić information content (AvgIpc) is 2.98. The van der Waals surface area contributed by atoms with Gasteiger partial charge in [0.25, 0.3) is 11.7 Å². The van der Waals surface area contributed by atoms with Gasteiger partial charge in [-0.25, -0.2) is 0 Å². The number of likely N-dealkylation sites (tertiary alicyclic amines) is 1. The molecule has 2 aromatic rings. The first-order valence-corrected chi connectivity index (χ1v) is 10.0. The summed E-state index contributed by atoms with van der Waals surface area (Å²) in [5, 5.41) is 11.7. The maximum atomic E-state index is 13.0. The van der Waals surface area contributed by atoms with Crippen LogP contribution in [0.2, 0.25) is 10.0 Å². The number of rotatable bonds is 6. The van der Waals surface area contributed by atoms with Gasteiger partial charge in [-0.15, -0.1) is 0 Å². The number of amides is 1. The van der Waals surface area contributed by atoms with Crippen molar-refractivity contribution in [2.24, 2.45) is 0 Å². The predicted molar refractivity (Wildman–Crippen MR) is 117 cm³/mol. The fraction of sp³-hybridized carbons (Fsp3) is 0.273. The molecular weight excluding hydrogens is 427 g/mol. The number of nitrogens with zero attached hydrogens (tertiary/aromatic N) is 2. The molecule has 6 nitrogen and oxygen atoms in total. The van der Waals surface area contributed by atoms with Crippen LogP contribution >= 0.6 is 23.2 Å². The van der Waals surface area contributed by atoms with Gasteiger partial charge < -0.3 is 19.6 Å². The number of benzene rings is 2. The Morgan fingerprint density at radius 1 is 1.13 bits per heavy atom. The first-order chi connectivity index (χ1) is 14.2. The lowest BCUT2D eigenvalue weighted by Crippen LogP contribution is -2.35. The molecule has 0 spiro atoms. The molecule has 1 saturated heterocycles. The van der Waals surface area contributed by atoms with Crippen LogP contribution in [-0.4, -0.2) is 60.9 Å². The van der Waals surface area contributed by atoms with Gasteiger partial charge in [0, 0.05) is 18.7 Å². The maximum Gasteiger partial charge on any atom is 0.295 e. The van der Waals surface area contributed by atoms with E-state index in [9.17, 15) is 14.7 Å². The lowest BCUT2D eigenvalue weighted by atomic mass is 9.95. The Bertz CT molecular complexity index is 1020. The number of hydrogen-bond acceptors (Lipinski definition) is 5. The topological polar surface area (TPSA) is 70.1 Å². The number of carbonyl (C=O) groups is 2. The van der Waals surface area contributed by atoms with E-state index in [1.54, 1.807) is 42.5 Å². The third-order valence-corrected chi connectivity index (χ3v) is 5.67. The molecule has 1 atom stereocenters. The Hall–Kier alpha value is -2.54. The van der Waals surface area contributed by atoms with Crippen LogP contribution in [0.1, 0.15) is 17.2 Å². The number of hydrogen-bond donors (Lipinski definition) is 1. The standard InChI is InChI=1S/C22H22Cl2N2O4/c1-25(2)9-10-26-19(13-7-8-16(23)17(24)12-13)18(21(28)22(26)29)20(27)14-5-4-6-15(11-14)30-3/h4-8,11-12,19,27H,9-10H2,1-3H3/t19-/m0/s1. The molecule has 0 bridgehead atoms. The van der Waals surface area contributed by atoms with Crippen LogP contribution in [0.5, 0.6) is 5.75 Å². The largest absolute Gasteiger partial charge is 0.507 e. The predicted octanol–water partition coefficient (Wildman–Crippen LogP) is 3.99. The van der Waals surface area contributed by atoms with Gasteiger partial charge in [-0.2, -0.15) is 0 Å². The number of halogens is 2. The van der Waals surface area contributed by atoms with Crippen LogP contribution in [0.15, 0.2) is 48.0 Å². The van der Waals surface area contributed by atoms with Crippen molar-refractivity contribution in [2.75, 3.05) is 34.3 Å².